The summed E-state index contributed by atoms with van der Waals surface area (Å²) in [5.41, 5.74) is 7.71. The Bertz CT molecular complexity index is 406. The number of carbonyl (C=O) groups is 1. The molecule has 0 aliphatic heterocycles. The van der Waals surface area contributed by atoms with Crippen LogP contribution >= 0.6 is 0 Å². The summed E-state index contributed by atoms with van der Waals surface area (Å²) in [6.07, 6.45) is 0.377. The van der Waals surface area contributed by atoms with Gasteiger partial charge in [-0.05, 0) is 39.8 Å². The molecule has 1 aromatic carbocycles. The van der Waals surface area contributed by atoms with Crippen molar-refractivity contribution in [2.24, 2.45) is 5.73 Å². The second-order valence-corrected chi connectivity index (χ2v) is 5.95. The Labute approximate surface area is 115 Å². The second-order valence-electron chi connectivity index (χ2n) is 5.95. The zero-order chi connectivity index (χ0) is 14.5. The lowest BCUT2D eigenvalue weighted by Crippen LogP contribution is -2.44. The number of anilines is 1. The Morgan fingerprint density at radius 2 is 1.84 bits per heavy atom. The van der Waals surface area contributed by atoms with Crippen molar-refractivity contribution in [1.29, 1.82) is 0 Å². The van der Waals surface area contributed by atoms with Crippen molar-refractivity contribution in [1.82, 2.24) is 5.32 Å². The molecule has 0 aromatic heterocycles. The Morgan fingerprint density at radius 3 is 2.32 bits per heavy atom. The topological polar surface area (TPSA) is 67.1 Å². The normalized spacial score (nSPS) is 12.9. The summed E-state index contributed by atoms with van der Waals surface area (Å²) in [5.74, 6) is 0.0163. The molecule has 1 unspecified atom stereocenters. The highest BCUT2D eigenvalue weighted by Gasteiger charge is 2.17. The largest absolute Gasteiger partial charge is 0.381 e. The molecule has 0 saturated carbocycles. The number of hydrogen-bond acceptors (Lipinski definition) is 3. The fourth-order valence-electron chi connectivity index (χ4n) is 1.77. The van der Waals surface area contributed by atoms with Crippen LogP contribution in [0.25, 0.3) is 0 Å². The standard InChI is InChI=1S/C15H25N3O/c1-11-5-7-12(8-6-11)17-13(10-16)9-14(19)18-15(2,3)4/h5-8,13,17H,9-10,16H2,1-4H3,(H,18,19). The maximum Gasteiger partial charge on any atom is 0.222 e. The molecule has 106 valence electrons. The number of benzene rings is 1. The Hall–Kier alpha value is -1.55. The van der Waals surface area contributed by atoms with E-state index in [9.17, 15) is 4.79 Å². The zero-order valence-corrected chi connectivity index (χ0v) is 12.3. The highest BCUT2D eigenvalue weighted by molar-refractivity contribution is 5.77. The number of nitrogens with one attached hydrogen (secondary N) is 2. The Morgan fingerprint density at radius 1 is 1.26 bits per heavy atom. The monoisotopic (exact) mass is 263 g/mol. The minimum atomic E-state index is -0.208. The van der Waals surface area contributed by atoms with Gasteiger partial charge in [-0.15, -0.1) is 0 Å². The van der Waals surface area contributed by atoms with E-state index in [1.165, 1.54) is 5.56 Å². The average Bonchev–Trinajstić information content (AvgIpc) is 2.28. The van der Waals surface area contributed by atoms with Crippen LogP contribution in [0.4, 0.5) is 5.69 Å². The molecular weight excluding hydrogens is 238 g/mol. The van der Waals surface area contributed by atoms with Gasteiger partial charge in [0.2, 0.25) is 5.91 Å². The van der Waals surface area contributed by atoms with E-state index in [4.69, 9.17) is 5.73 Å². The minimum Gasteiger partial charge on any atom is -0.381 e. The smallest absolute Gasteiger partial charge is 0.222 e. The first-order valence-electron chi connectivity index (χ1n) is 6.64. The van der Waals surface area contributed by atoms with Crippen molar-refractivity contribution in [3.8, 4) is 0 Å². The Kier molecular flexibility index (Phi) is 5.36. The molecule has 4 N–H and O–H groups in total. The maximum absolute atomic E-state index is 11.9. The number of aryl methyl sites for hydroxylation is 1. The maximum atomic E-state index is 11.9. The second kappa shape index (κ2) is 6.57. The molecule has 0 fully saturated rings. The van der Waals surface area contributed by atoms with Crippen LogP contribution in [0, 0.1) is 6.92 Å². The first kappa shape index (κ1) is 15.5. The summed E-state index contributed by atoms with van der Waals surface area (Å²) in [6.45, 7) is 8.37. The highest BCUT2D eigenvalue weighted by atomic mass is 16.1. The molecule has 0 bridgehead atoms. The molecule has 1 amide bonds. The van der Waals surface area contributed by atoms with Crippen LogP contribution in [0.2, 0.25) is 0 Å². The lowest BCUT2D eigenvalue weighted by atomic mass is 10.1. The van der Waals surface area contributed by atoms with Crippen LogP contribution < -0.4 is 16.4 Å². The van der Waals surface area contributed by atoms with Crippen LogP contribution in [-0.2, 0) is 4.79 Å². The highest BCUT2D eigenvalue weighted by Crippen LogP contribution is 2.11. The van der Waals surface area contributed by atoms with E-state index in [-0.39, 0.29) is 17.5 Å². The van der Waals surface area contributed by atoms with Gasteiger partial charge < -0.3 is 16.4 Å². The van der Waals surface area contributed by atoms with E-state index in [1.54, 1.807) is 0 Å². The van der Waals surface area contributed by atoms with Crippen molar-refractivity contribution in [3.05, 3.63) is 29.8 Å². The molecular formula is C15H25N3O. The number of amides is 1. The van der Waals surface area contributed by atoms with Gasteiger partial charge in [0.15, 0.2) is 0 Å². The van der Waals surface area contributed by atoms with E-state index in [2.05, 4.69) is 10.6 Å². The van der Waals surface area contributed by atoms with E-state index < -0.39 is 0 Å². The summed E-state index contributed by atoms with van der Waals surface area (Å²) in [5, 5.41) is 6.23. The van der Waals surface area contributed by atoms with E-state index in [0.717, 1.165) is 5.69 Å². The van der Waals surface area contributed by atoms with Gasteiger partial charge in [0.1, 0.15) is 0 Å². The van der Waals surface area contributed by atoms with Gasteiger partial charge >= 0.3 is 0 Å². The third-order valence-electron chi connectivity index (χ3n) is 2.65. The van der Waals surface area contributed by atoms with Crippen molar-refractivity contribution >= 4 is 11.6 Å². The number of rotatable bonds is 5. The lowest BCUT2D eigenvalue weighted by Gasteiger charge is -2.23. The molecule has 1 rings (SSSR count). The molecule has 1 atom stereocenters. The van der Waals surface area contributed by atoms with Crippen molar-refractivity contribution in [3.63, 3.8) is 0 Å². The van der Waals surface area contributed by atoms with E-state index >= 15 is 0 Å². The molecule has 0 saturated heterocycles. The van der Waals surface area contributed by atoms with Crippen LogP contribution in [-0.4, -0.2) is 24.0 Å². The third kappa shape index (κ3) is 6.25. The van der Waals surface area contributed by atoms with Gasteiger partial charge in [-0.2, -0.15) is 0 Å². The van der Waals surface area contributed by atoms with Gasteiger partial charge in [-0.25, -0.2) is 0 Å². The summed E-state index contributed by atoms with van der Waals surface area (Å²) in [7, 11) is 0. The summed E-state index contributed by atoms with van der Waals surface area (Å²) < 4.78 is 0. The molecule has 4 heteroatoms. The van der Waals surface area contributed by atoms with Crippen LogP contribution in [0.3, 0.4) is 0 Å². The molecule has 0 aliphatic carbocycles. The minimum absolute atomic E-state index is 0.0163. The van der Waals surface area contributed by atoms with Gasteiger partial charge in [0.05, 0.1) is 0 Å². The van der Waals surface area contributed by atoms with Crippen molar-refractivity contribution < 1.29 is 4.79 Å². The number of nitrogens with two attached hydrogens (primary N) is 1. The fraction of sp³-hybridized carbons (Fsp3) is 0.533. The SMILES string of the molecule is Cc1ccc(NC(CN)CC(=O)NC(C)(C)C)cc1. The quantitative estimate of drug-likeness (QED) is 0.761. The first-order valence-corrected chi connectivity index (χ1v) is 6.64. The average molecular weight is 263 g/mol. The van der Waals surface area contributed by atoms with Gasteiger partial charge in [-0.3, -0.25) is 4.79 Å². The predicted octanol–water partition coefficient (Wildman–Crippen LogP) is 2.04. The zero-order valence-electron chi connectivity index (χ0n) is 12.3. The van der Waals surface area contributed by atoms with Crippen LogP contribution in [0.5, 0.6) is 0 Å². The summed E-state index contributed by atoms with van der Waals surface area (Å²) in [6, 6.07) is 8.01. The third-order valence-corrected chi connectivity index (χ3v) is 2.65. The number of carbonyl (C=O) groups excluding carboxylic acids is 1. The molecule has 1 aromatic rings. The van der Waals surface area contributed by atoms with Crippen molar-refractivity contribution in [2.45, 2.75) is 45.7 Å². The summed E-state index contributed by atoms with van der Waals surface area (Å²) in [4.78, 5) is 11.9. The molecule has 4 nitrogen and oxygen atoms in total. The van der Waals surface area contributed by atoms with Gasteiger partial charge in [0.25, 0.3) is 0 Å². The molecule has 0 spiro atoms. The molecule has 0 radical (unpaired) electrons. The van der Waals surface area contributed by atoms with Crippen LogP contribution in [0.15, 0.2) is 24.3 Å². The summed E-state index contributed by atoms with van der Waals surface area (Å²) >= 11 is 0. The first-order chi connectivity index (χ1) is 8.80. The van der Waals surface area contributed by atoms with Crippen molar-refractivity contribution in [2.75, 3.05) is 11.9 Å². The lowest BCUT2D eigenvalue weighted by molar-refractivity contribution is -0.122. The number of hydrogen-bond donors (Lipinski definition) is 3. The van der Waals surface area contributed by atoms with E-state index in [0.29, 0.717) is 13.0 Å². The fourth-order valence-corrected chi connectivity index (χ4v) is 1.77. The Balaban J connectivity index is 2.54. The van der Waals surface area contributed by atoms with Gasteiger partial charge in [0, 0.05) is 30.2 Å². The van der Waals surface area contributed by atoms with Crippen LogP contribution in [0.1, 0.15) is 32.8 Å². The molecule has 0 aliphatic rings. The molecule has 19 heavy (non-hydrogen) atoms. The van der Waals surface area contributed by atoms with Gasteiger partial charge in [-0.1, -0.05) is 17.7 Å². The molecule has 0 heterocycles. The van der Waals surface area contributed by atoms with E-state index in [1.807, 2.05) is 52.0 Å². The predicted molar refractivity (Wildman–Crippen MR) is 80.2 cm³/mol.